The van der Waals surface area contributed by atoms with Crippen LogP contribution < -0.4 is 54.6 Å². The van der Waals surface area contributed by atoms with Crippen molar-refractivity contribution in [2.24, 2.45) is 29.0 Å². The smallest absolute Gasteiger partial charge is 0.243 e. The number of nitrogens with zero attached hydrogens (tertiary/aromatic N) is 1. The molecule has 0 spiro atoms. The van der Waals surface area contributed by atoms with E-state index < -0.39 is 139 Å². The van der Waals surface area contributed by atoms with Crippen LogP contribution in [-0.4, -0.2) is 136 Å². The van der Waals surface area contributed by atoms with Gasteiger partial charge in [0.15, 0.2) is 0 Å². The van der Waals surface area contributed by atoms with Crippen molar-refractivity contribution < 1.29 is 57.8 Å². The summed E-state index contributed by atoms with van der Waals surface area (Å²) in [4.78, 5) is 149. The predicted molar refractivity (Wildman–Crippen MR) is 270 cm³/mol. The normalized spacial score (nSPS) is 20.6. The summed E-state index contributed by atoms with van der Waals surface area (Å²) < 4.78 is 0. The van der Waals surface area contributed by atoms with Gasteiger partial charge in [-0.15, -0.1) is 0 Å². The molecule has 1 heterocycles. The predicted octanol–water partition coefficient (Wildman–Crippen LogP) is -1.46. The molecular formula is C49H71N11O12S. The zero-order chi connectivity index (χ0) is 54.4. The third-order valence-corrected chi connectivity index (χ3v) is 12.8. The maximum absolute atomic E-state index is 14.9. The van der Waals surface area contributed by atoms with Crippen LogP contribution in [0.5, 0.6) is 5.75 Å². The van der Waals surface area contributed by atoms with Crippen LogP contribution in [0.2, 0.25) is 0 Å². The van der Waals surface area contributed by atoms with Gasteiger partial charge in [0.05, 0.1) is 31.6 Å². The lowest BCUT2D eigenvalue weighted by Crippen LogP contribution is -2.61. The molecule has 14 N–H and O–H groups in total. The highest BCUT2D eigenvalue weighted by Crippen LogP contribution is 2.17. The van der Waals surface area contributed by atoms with Gasteiger partial charge in [-0.25, -0.2) is 10.9 Å². The number of hydrogen-bond donors (Lipinski definition) is 11. The Hall–Kier alpha value is -6.92. The fourth-order valence-electron chi connectivity index (χ4n) is 7.67. The highest BCUT2D eigenvalue weighted by atomic mass is 32.2. The lowest BCUT2D eigenvalue weighted by molar-refractivity contribution is -0.142. The molecule has 7 atom stereocenters. The molecule has 0 aliphatic carbocycles. The Kier molecular flexibility index (Phi) is 25.0. The molecule has 2 aromatic carbocycles. The van der Waals surface area contributed by atoms with E-state index in [9.17, 15) is 57.8 Å². The Morgan fingerprint density at radius 2 is 1.49 bits per heavy atom. The van der Waals surface area contributed by atoms with E-state index in [4.69, 9.17) is 17.2 Å². The van der Waals surface area contributed by atoms with Crippen LogP contribution in [-0.2, 0) is 65.7 Å². The first-order chi connectivity index (χ1) is 34.5. The third kappa shape index (κ3) is 21.4. The van der Waals surface area contributed by atoms with E-state index in [1.54, 1.807) is 44.2 Å². The molecule has 400 valence electrons. The molecule has 1 aliphatic heterocycles. The minimum absolute atomic E-state index is 0.0332. The summed E-state index contributed by atoms with van der Waals surface area (Å²) in [5.74, 6) is -9.98. The Morgan fingerprint density at radius 3 is 2.11 bits per heavy atom. The summed E-state index contributed by atoms with van der Waals surface area (Å²) in [5.41, 5.74) is 23.6. The highest BCUT2D eigenvalue weighted by molar-refractivity contribution is 7.99. The largest absolute Gasteiger partial charge is 0.508 e. The van der Waals surface area contributed by atoms with E-state index in [1.807, 2.05) is 26.8 Å². The van der Waals surface area contributed by atoms with Crippen molar-refractivity contribution in [2.45, 2.75) is 129 Å². The van der Waals surface area contributed by atoms with Crippen molar-refractivity contribution in [1.29, 1.82) is 0 Å². The average molecular weight is 1040 g/mol. The van der Waals surface area contributed by atoms with Gasteiger partial charge < -0.3 is 53.8 Å². The molecular weight excluding hydrogens is 967 g/mol. The molecule has 24 heteroatoms. The number of carbonyl (C=O) groups excluding carboxylic acids is 11. The number of benzene rings is 2. The second kappa shape index (κ2) is 30.2. The Labute approximate surface area is 428 Å². The van der Waals surface area contributed by atoms with E-state index in [0.717, 1.165) is 5.56 Å². The minimum atomic E-state index is -1.76. The fraction of sp³-hybridized carbons (Fsp3) is 0.531. The number of aromatic hydroxyl groups is 1. The Balaban J connectivity index is 2.11. The molecule has 0 saturated carbocycles. The zero-order valence-corrected chi connectivity index (χ0v) is 42.8. The van der Waals surface area contributed by atoms with Crippen molar-refractivity contribution in [3.63, 3.8) is 0 Å². The second-order valence-corrected chi connectivity index (χ2v) is 19.7. The number of Topliss-reactive ketones (excluding diaryl/α,β-unsaturated/α-hetero) is 2. The molecule has 0 radical (unpaired) electrons. The number of phenolic OH excluding ortho intramolecular Hbond substituents is 1. The summed E-state index contributed by atoms with van der Waals surface area (Å²) in [6.07, 6.45) is -1.47. The van der Waals surface area contributed by atoms with Crippen molar-refractivity contribution in [2.75, 3.05) is 24.6 Å². The number of aryl methyl sites for hydroxylation is 1. The topological polar surface area (TPSA) is 374 Å². The van der Waals surface area contributed by atoms with Gasteiger partial charge in [-0.3, -0.25) is 52.7 Å². The van der Waals surface area contributed by atoms with Crippen molar-refractivity contribution >= 4 is 76.5 Å². The van der Waals surface area contributed by atoms with E-state index >= 15 is 0 Å². The first kappa shape index (κ1) is 60.4. The molecule has 3 rings (SSSR count). The van der Waals surface area contributed by atoms with Gasteiger partial charge in [0.25, 0.3) is 0 Å². The fourth-order valence-corrected chi connectivity index (χ4v) is 8.61. The van der Waals surface area contributed by atoms with Crippen molar-refractivity contribution in [1.82, 2.24) is 42.3 Å². The molecule has 2 aromatic rings. The monoisotopic (exact) mass is 1040 g/mol. The Bertz CT molecular complexity index is 2300. The van der Waals surface area contributed by atoms with Crippen LogP contribution in [0, 0.1) is 18.8 Å². The number of nitrogens with one attached hydrogen (secondary N) is 7. The first-order valence-electron chi connectivity index (χ1n) is 24.1. The quantitative estimate of drug-likeness (QED) is 0.0676. The maximum atomic E-state index is 14.9. The first-order valence-corrected chi connectivity index (χ1v) is 25.2. The van der Waals surface area contributed by atoms with Gasteiger partial charge in [0.1, 0.15) is 29.9 Å². The molecule has 0 bridgehead atoms. The van der Waals surface area contributed by atoms with E-state index in [2.05, 4.69) is 37.4 Å². The minimum Gasteiger partial charge on any atom is -0.508 e. The van der Waals surface area contributed by atoms with E-state index in [-0.39, 0.29) is 55.4 Å². The molecule has 73 heavy (non-hydrogen) atoms. The van der Waals surface area contributed by atoms with Crippen LogP contribution in [0.15, 0.2) is 48.5 Å². The zero-order valence-electron chi connectivity index (χ0n) is 42.0. The second-order valence-electron chi connectivity index (χ2n) is 18.5. The molecule has 1 fully saturated rings. The SMILES string of the molecule is CC[C@H](C)[C@@H]1NC(=O)[C@H](Cc2ccc(O)cc2)NC(=O)CCSCC[C@@H](C(=O)N(CC(=O)N[C@@H](CC(C)C)C(=O)NCC(N)=O)Cc2cccc(C)c2)NN[C@@H](CC(N)=O)C(=O)C(=O)[C@H](CCC(N)=O)NC1=O. The van der Waals surface area contributed by atoms with Gasteiger partial charge >= 0.3 is 0 Å². The van der Waals surface area contributed by atoms with Gasteiger partial charge in [-0.2, -0.15) is 11.8 Å². The van der Waals surface area contributed by atoms with Gasteiger partial charge in [-0.05, 0) is 67.0 Å². The Morgan fingerprint density at radius 1 is 0.808 bits per heavy atom. The van der Waals surface area contributed by atoms with Crippen molar-refractivity contribution in [3.05, 3.63) is 65.2 Å². The van der Waals surface area contributed by atoms with Gasteiger partial charge in [0, 0.05) is 31.6 Å². The maximum Gasteiger partial charge on any atom is 0.243 e. The summed E-state index contributed by atoms with van der Waals surface area (Å²) in [5, 5.41) is 22.8. The summed E-state index contributed by atoms with van der Waals surface area (Å²) >= 11 is 1.25. The third-order valence-electron chi connectivity index (χ3n) is 11.8. The molecule has 23 nitrogen and oxygen atoms in total. The molecule has 1 saturated heterocycles. The number of nitrogens with two attached hydrogens (primary N) is 3. The lowest BCUT2D eigenvalue weighted by atomic mass is 9.94. The summed E-state index contributed by atoms with van der Waals surface area (Å²) in [6.45, 7) is 7.65. The van der Waals surface area contributed by atoms with Gasteiger partial charge in [0.2, 0.25) is 64.7 Å². The number of hydrazine groups is 1. The summed E-state index contributed by atoms with van der Waals surface area (Å²) in [7, 11) is 0. The number of amides is 9. The number of rotatable bonds is 20. The van der Waals surface area contributed by atoms with Crippen LogP contribution in [0.4, 0.5) is 0 Å². The van der Waals surface area contributed by atoms with E-state index in [1.165, 1.54) is 28.8 Å². The number of hydrogen-bond acceptors (Lipinski definition) is 15. The van der Waals surface area contributed by atoms with Crippen LogP contribution in [0.1, 0.15) is 89.3 Å². The highest BCUT2D eigenvalue weighted by Gasteiger charge is 2.38. The average Bonchev–Trinajstić information content (AvgIpc) is 3.32. The molecule has 0 aromatic heterocycles. The molecule has 9 amide bonds. The van der Waals surface area contributed by atoms with Crippen LogP contribution in [0.25, 0.3) is 0 Å². The molecule has 0 unspecified atom stereocenters. The number of thioether (sulfide) groups is 1. The lowest BCUT2D eigenvalue weighted by Gasteiger charge is -2.30. The number of primary amides is 3. The molecule has 1 aliphatic rings. The standard InChI is InChI=1S/C49H71N11O12S/c1-6-29(5)43-48(71)56-33(14-15-38(50)62)44(67)45(68)35(23-39(51)63)59-58-34(16-18-73-19-17-41(65)54-37(47(70)57-43)22-30-10-12-32(61)13-11-30)49(72)60(25-31-9-7-8-28(4)21-31)26-42(66)55-36(20-27(2)3)46(69)53-24-40(52)64/h7-13,21,27,29,33-37,43,58-59,61H,6,14-20,22-26H2,1-5H3,(H2,50,62)(H2,51,63)(H2,52,64)(H,53,69)(H,54,65)(H,55,66)(H,56,71)(H,57,70)/t29-,33-,34-,35-,36-,37-,43-/m0/s1. The number of carbonyl (C=O) groups is 11. The summed E-state index contributed by atoms with van der Waals surface area (Å²) in [6, 6.07) is 4.54. The number of ketones is 2. The number of phenols is 1. The van der Waals surface area contributed by atoms with E-state index in [0.29, 0.717) is 17.5 Å². The van der Waals surface area contributed by atoms with Crippen LogP contribution >= 0.6 is 11.8 Å². The van der Waals surface area contributed by atoms with Crippen molar-refractivity contribution in [3.8, 4) is 5.75 Å². The van der Waals surface area contributed by atoms with Gasteiger partial charge in [-0.1, -0.05) is 76.1 Å². The van der Waals surface area contributed by atoms with Crippen LogP contribution in [0.3, 0.4) is 0 Å².